The standard InChI is InChI=1S/C9H16O3/c10-6-2-1-4-8-12-9-5-3-7-11/h6-7H,1-5,8-9H2. The van der Waals surface area contributed by atoms with Crippen LogP contribution in [0.1, 0.15) is 32.1 Å². The van der Waals surface area contributed by atoms with Crippen molar-refractivity contribution in [2.45, 2.75) is 32.1 Å². The van der Waals surface area contributed by atoms with Crippen molar-refractivity contribution < 1.29 is 14.3 Å². The van der Waals surface area contributed by atoms with Gasteiger partial charge in [0, 0.05) is 26.1 Å². The van der Waals surface area contributed by atoms with Gasteiger partial charge in [0.1, 0.15) is 12.6 Å². The van der Waals surface area contributed by atoms with Gasteiger partial charge in [-0.2, -0.15) is 0 Å². The van der Waals surface area contributed by atoms with E-state index in [0.717, 1.165) is 31.8 Å². The molecule has 12 heavy (non-hydrogen) atoms. The van der Waals surface area contributed by atoms with Crippen molar-refractivity contribution in [3.8, 4) is 0 Å². The van der Waals surface area contributed by atoms with E-state index in [9.17, 15) is 9.59 Å². The molecule has 3 nitrogen and oxygen atoms in total. The fraction of sp³-hybridized carbons (Fsp3) is 0.778. The maximum atomic E-state index is 9.90. The quantitative estimate of drug-likeness (QED) is 0.389. The monoisotopic (exact) mass is 172 g/mol. The van der Waals surface area contributed by atoms with Crippen LogP contribution in [0.25, 0.3) is 0 Å². The molecule has 0 aromatic rings. The van der Waals surface area contributed by atoms with Crippen LogP contribution < -0.4 is 0 Å². The lowest BCUT2D eigenvalue weighted by Gasteiger charge is -2.00. The lowest BCUT2D eigenvalue weighted by Crippen LogP contribution is -1.97. The molecular weight excluding hydrogens is 156 g/mol. The summed E-state index contributed by atoms with van der Waals surface area (Å²) < 4.78 is 5.21. The first-order chi connectivity index (χ1) is 5.91. The second-order valence-corrected chi connectivity index (χ2v) is 2.58. The summed E-state index contributed by atoms with van der Waals surface area (Å²) in [6.07, 6.45) is 5.66. The van der Waals surface area contributed by atoms with E-state index < -0.39 is 0 Å². The molecule has 0 amide bonds. The molecule has 0 aliphatic rings. The molecule has 3 heteroatoms. The molecule has 70 valence electrons. The highest BCUT2D eigenvalue weighted by Crippen LogP contribution is 1.94. The molecule has 0 saturated heterocycles. The Morgan fingerprint density at radius 1 is 0.833 bits per heavy atom. The lowest BCUT2D eigenvalue weighted by molar-refractivity contribution is -0.109. The molecule has 0 aromatic carbocycles. The van der Waals surface area contributed by atoms with Crippen LogP contribution >= 0.6 is 0 Å². The molecule has 0 saturated carbocycles. The second kappa shape index (κ2) is 10.3. The Bertz CT molecular complexity index is 98.3. The summed E-state index contributed by atoms with van der Waals surface area (Å²) in [4.78, 5) is 19.8. The van der Waals surface area contributed by atoms with Gasteiger partial charge < -0.3 is 14.3 Å². The summed E-state index contributed by atoms with van der Waals surface area (Å²) in [5, 5.41) is 0. The highest BCUT2D eigenvalue weighted by Gasteiger charge is 1.89. The Hall–Kier alpha value is -0.700. The predicted octanol–water partition coefficient (Wildman–Crippen LogP) is 1.35. The van der Waals surface area contributed by atoms with Crippen molar-refractivity contribution in [1.29, 1.82) is 0 Å². The van der Waals surface area contributed by atoms with Crippen LogP contribution in [0.3, 0.4) is 0 Å². The van der Waals surface area contributed by atoms with Crippen LogP contribution in [-0.4, -0.2) is 25.8 Å². The van der Waals surface area contributed by atoms with Crippen LogP contribution in [0.15, 0.2) is 0 Å². The molecule has 0 aromatic heterocycles. The van der Waals surface area contributed by atoms with Gasteiger partial charge >= 0.3 is 0 Å². The normalized spacial score (nSPS) is 9.67. The van der Waals surface area contributed by atoms with Gasteiger partial charge in [0.25, 0.3) is 0 Å². The minimum absolute atomic E-state index is 0.578. The summed E-state index contributed by atoms with van der Waals surface area (Å²) >= 11 is 0. The first-order valence-corrected chi connectivity index (χ1v) is 4.37. The second-order valence-electron chi connectivity index (χ2n) is 2.58. The molecule has 0 aliphatic heterocycles. The predicted molar refractivity (Wildman–Crippen MR) is 46.0 cm³/mol. The number of hydrogen-bond donors (Lipinski definition) is 0. The molecule has 0 bridgehead atoms. The van der Waals surface area contributed by atoms with E-state index in [2.05, 4.69) is 0 Å². The maximum Gasteiger partial charge on any atom is 0.120 e. The molecule has 0 fully saturated rings. The van der Waals surface area contributed by atoms with Gasteiger partial charge in [-0.25, -0.2) is 0 Å². The fourth-order valence-corrected chi connectivity index (χ4v) is 0.803. The summed E-state index contributed by atoms with van der Waals surface area (Å²) in [5.74, 6) is 0. The number of carbonyl (C=O) groups excluding carboxylic acids is 2. The molecular formula is C9H16O3. The number of aldehydes is 2. The third-order valence-electron chi connectivity index (χ3n) is 1.47. The first-order valence-electron chi connectivity index (χ1n) is 4.37. The van der Waals surface area contributed by atoms with Crippen LogP contribution in [0.5, 0.6) is 0 Å². The molecule has 0 radical (unpaired) electrons. The Labute approximate surface area is 73.1 Å². The van der Waals surface area contributed by atoms with Gasteiger partial charge in [-0.15, -0.1) is 0 Å². The van der Waals surface area contributed by atoms with E-state index in [1.54, 1.807) is 0 Å². The van der Waals surface area contributed by atoms with Crippen LogP contribution in [0.2, 0.25) is 0 Å². The Morgan fingerprint density at radius 2 is 1.42 bits per heavy atom. The minimum Gasteiger partial charge on any atom is -0.381 e. The third-order valence-corrected chi connectivity index (χ3v) is 1.47. The molecule has 0 heterocycles. The van der Waals surface area contributed by atoms with Gasteiger partial charge in [-0.1, -0.05) is 0 Å². The van der Waals surface area contributed by atoms with Crippen LogP contribution in [-0.2, 0) is 14.3 Å². The van der Waals surface area contributed by atoms with E-state index in [1.807, 2.05) is 0 Å². The van der Waals surface area contributed by atoms with E-state index in [1.165, 1.54) is 0 Å². The van der Waals surface area contributed by atoms with Crippen LogP contribution in [0, 0.1) is 0 Å². The Balaban J connectivity index is 2.81. The van der Waals surface area contributed by atoms with Gasteiger partial charge in [0.15, 0.2) is 0 Å². The van der Waals surface area contributed by atoms with Crippen LogP contribution in [0.4, 0.5) is 0 Å². The van der Waals surface area contributed by atoms with E-state index in [-0.39, 0.29) is 0 Å². The SMILES string of the molecule is O=CCCCCOCCCC=O. The maximum absolute atomic E-state index is 9.90. The average molecular weight is 172 g/mol. The van der Waals surface area contributed by atoms with E-state index in [0.29, 0.717) is 26.1 Å². The smallest absolute Gasteiger partial charge is 0.120 e. The largest absolute Gasteiger partial charge is 0.381 e. The summed E-state index contributed by atoms with van der Waals surface area (Å²) in [7, 11) is 0. The van der Waals surface area contributed by atoms with Crippen molar-refractivity contribution in [3.63, 3.8) is 0 Å². The van der Waals surface area contributed by atoms with Crippen molar-refractivity contribution in [2.24, 2.45) is 0 Å². The van der Waals surface area contributed by atoms with Crippen molar-refractivity contribution in [1.82, 2.24) is 0 Å². The summed E-state index contributed by atoms with van der Waals surface area (Å²) in [6, 6.07) is 0. The summed E-state index contributed by atoms with van der Waals surface area (Å²) in [6.45, 7) is 1.35. The van der Waals surface area contributed by atoms with Gasteiger partial charge in [-0.05, 0) is 19.3 Å². The first kappa shape index (κ1) is 11.3. The fourth-order valence-electron chi connectivity index (χ4n) is 0.803. The topological polar surface area (TPSA) is 43.4 Å². The van der Waals surface area contributed by atoms with E-state index in [4.69, 9.17) is 4.74 Å². The number of unbranched alkanes of at least 4 members (excludes halogenated alkanes) is 3. The average Bonchev–Trinajstić information content (AvgIpc) is 2.10. The molecule has 0 N–H and O–H groups in total. The molecule has 0 aliphatic carbocycles. The molecule has 0 spiro atoms. The third kappa shape index (κ3) is 9.30. The van der Waals surface area contributed by atoms with Gasteiger partial charge in [0.05, 0.1) is 0 Å². The molecule has 0 atom stereocenters. The summed E-state index contributed by atoms with van der Waals surface area (Å²) in [5.41, 5.74) is 0. The van der Waals surface area contributed by atoms with Crippen molar-refractivity contribution in [2.75, 3.05) is 13.2 Å². The van der Waals surface area contributed by atoms with Crippen molar-refractivity contribution in [3.05, 3.63) is 0 Å². The number of rotatable bonds is 9. The zero-order valence-corrected chi connectivity index (χ0v) is 7.33. The highest BCUT2D eigenvalue weighted by atomic mass is 16.5. The van der Waals surface area contributed by atoms with Gasteiger partial charge in [-0.3, -0.25) is 0 Å². The number of carbonyl (C=O) groups is 2. The minimum atomic E-state index is 0.578. The Morgan fingerprint density at radius 3 is 2.08 bits per heavy atom. The molecule has 0 rings (SSSR count). The highest BCUT2D eigenvalue weighted by molar-refractivity contribution is 5.49. The van der Waals surface area contributed by atoms with E-state index >= 15 is 0 Å². The zero-order chi connectivity index (χ0) is 9.07. The zero-order valence-electron chi connectivity index (χ0n) is 7.33. The number of hydrogen-bond acceptors (Lipinski definition) is 3. The number of ether oxygens (including phenoxy) is 1. The van der Waals surface area contributed by atoms with Crippen molar-refractivity contribution >= 4 is 12.6 Å². The van der Waals surface area contributed by atoms with Gasteiger partial charge in [0.2, 0.25) is 0 Å². The molecule has 0 unspecified atom stereocenters. The Kier molecular flexibility index (Phi) is 9.70. The lowest BCUT2D eigenvalue weighted by atomic mass is 10.2.